The highest BCUT2D eigenvalue weighted by molar-refractivity contribution is 7.80. The summed E-state index contributed by atoms with van der Waals surface area (Å²) in [5.74, 6) is -0.240. The average molecular weight is 470 g/mol. The molecule has 2 heterocycles. The van der Waals surface area contributed by atoms with Crippen molar-refractivity contribution >= 4 is 40.6 Å². The summed E-state index contributed by atoms with van der Waals surface area (Å²) < 4.78 is 15.4. The second kappa shape index (κ2) is 10.8. The van der Waals surface area contributed by atoms with Gasteiger partial charge in [-0.1, -0.05) is 18.2 Å². The van der Waals surface area contributed by atoms with Gasteiger partial charge in [0.1, 0.15) is 5.82 Å². The van der Waals surface area contributed by atoms with Gasteiger partial charge in [0.15, 0.2) is 5.11 Å². The quantitative estimate of drug-likeness (QED) is 0.327. The number of benzene rings is 2. The van der Waals surface area contributed by atoms with E-state index in [-0.39, 0.29) is 17.0 Å². The first-order valence-corrected chi connectivity index (χ1v) is 11.8. The van der Waals surface area contributed by atoms with Gasteiger partial charge in [0.05, 0.1) is 11.9 Å². The van der Waals surface area contributed by atoms with Crippen LogP contribution in [0.15, 0.2) is 47.6 Å². The lowest BCUT2D eigenvalue weighted by molar-refractivity contribution is 0.313. The molecule has 33 heavy (non-hydrogen) atoms. The number of nitrogens with zero attached hydrogens (tertiary/aromatic N) is 4. The largest absolute Gasteiger partial charge is 0.383 e. The number of nitrogens with two attached hydrogens (primary N) is 1. The lowest BCUT2D eigenvalue weighted by Gasteiger charge is -2.36. The molecule has 0 amide bonds. The first-order valence-electron chi connectivity index (χ1n) is 11.4. The molecule has 4 rings (SSSR count). The van der Waals surface area contributed by atoms with Gasteiger partial charge in [0.25, 0.3) is 0 Å². The Morgan fingerprint density at radius 2 is 1.91 bits per heavy atom. The summed E-state index contributed by atoms with van der Waals surface area (Å²) in [7, 11) is 2.12. The molecule has 2 aromatic rings. The van der Waals surface area contributed by atoms with Crippen molar-refractivity contribution in [3.8, 4) is 0 Å². The van der Waals surface area contributed by atoms with Crippen LogP contribution >= 0.6 is 12.2 Å². The maximum Gasteiger partial charge on any atom is 0.184 e. The van der Waals surface area contributed by atoms with E-state index in [1.165, 1.54) is 0 Å². The monoisotopic (exact) mass is 469 g/mol. The summed E-state index contributed by atoms with van der Waals surface area (Å²) in [4.78, 5) is 6.81. The molecule has 0 bridgehead atoms. The summed E-state index contributed by atoms with van der Waals surface area (Å²) in [6.45, 7) is 5.29. The van der Waals surface area contributed by atoms with Gasteiger partial charge in [0, 0.05) is 62.2 Å². The number of nitrogens with one attached hydrogen (secondary N) is 2. The first kappa shape index (κ1) is 23.3. The van der Waals surface area contributed by atoms with Crippen LogP contribution in [0.25, 0.3) is 0 Å². The second-order valence-electron chi connectivity index (χ2n) is 8.62. The number of likely N-dealkylation sites (N-methyl/N-ethyl adjacent to an activating group) is 1. The van der Waals surface area contributed by atoms with E-state index in [2.05, 4.69) is 49.7 Å². The third-order valence-corrected chi connectivity index (χ3v) is 6.41. The van der Waals surface area contributed by atoms with E-state index < -0.39 is 0 Å². The van der Waals surface area contributed by atoms with Crippen molar-refractivity contribution in [1.29, 1.82) is 0 Å². The Hall–Kier alpha value is -2.91. The van der Waals surface area contributed by atoms with Gasteiger partial charge in [-0.3, -0.25) is 5.43 Å². The van der Waals surface area contributed by atoms with Crippen molar-refractivity contribution in [1.82, 2.24) is 10.3 Å². The lowest BCUT2D eigenvalue weighted by atomic mass is 10.1. The van der Waals surface area contributed by atoms with Crippen molar-refractivity contribution in [3.63, 3.8) is 0 Å². The molecule has 0 radical (unpaired) electrons. The van der Waals surface area contributed by atoms with Gasteiger partial charge in [-0.25, -0.2) is 4.39 Å². The van der Waals surface area contributed by atoms with Crippen LogP contribution in [0.5, 0.6) is 0 Å². The van der Waals surface area contributed by atoms with Crippen molar-refractivity contribution in [3.05, 3.63) is 53.8 Å². The number of hydrazone groups is 1. The SMILES string of the molecule is CN1CCN(c2cc(N3CCC[C@H]3CNc3ccccc3)c(F)cc2C=NNC(N)=S)CC1. The van der Waals surface area contributed by atoms with Crippen LogP contribution in [0, 0.1) is 5.82 Å². The van der Waals surface area contributed by atoms with Crippen LogP contribution in [-0.4, -0.2) is 68.6 Å². The number of halogens is 1. The number of piperazine rings is 1. The van der Waals surface area contributed by atoms with Crippen molar-refractivity contribution in [2.24, 2.45) is 10.8 Å². The summed E-state index contributed by atoms with van der Waals surface area (Å²) in [6.07, 6.45) is 3.67. The molecule has 0 aliphatic carbocycles. The zero-order valence-corrected chi connectivity index (χ0v) is 19.8. The minimum absolute atomic E-state index is 0.0790. The fourth-order valence-corrected chi connectivity index (χ4v) is 4.59. The van der Waals surface area contributed by atoms with Gasteiger partial charge in [-0.2, -0.15) is 5.10 Å². The summed E-state index contributed by atoms with van der Waals surface area (Å²) in [6, 6.07) is 13.9. The van der Waals surface area contributed by atoms with Crippen LogP contribution in [0.4, 0.5) is 21.5 Å². The van der Waals surface area contributed by atoms with Crippen LogP contribution in [0.2, 0.25) is 0 Å². The molecule has 2 fully saturated rings. The molecule has 0 unspecified atom stereocenters. The Labute approximate surface area is 200 Å². The van der Waals surface area contributed by atoms with Crippen LogP contribution in [0.1, 0.15) is 18.4 Å². The number of thiocarbonyl (C=S) groups is 1. The summed E-state index contributed by atoms with van der Waals surface area (Å²) in [5.41, 5.74) is 11.5. The third kappa shape index (κ3) is 5.91. The van der Waals surface area contributed by atoms with E-state index in [0.717, 1.165) is 63.5 Å². The lowest BCUT2D eigenvalue weighted by Crippen LogP contribution is -2.45. The second-order valence-corrected chi connectivity index (χ2v) is 9.06. The van der Waals surface area contributed by atoms with Crippen molar-refractivity contribution < 1.29 is 4.39 Å². The first-order chi connectivity index (χ1) is 16.0. The molecule has 0 aromatic heterocycles. The Kier molecular flexibility index (Phi) is 7.61. The Balaban J connectivity index is 1.59. The predicted octanol–water partition coefficient (Wildman–Crippen LogP) is 2.83. The van der Waals surface area contributed by atoms with Crippen molar-refractivity contribution in [2.75, 3.05) is 61.4 Å². The van der Waals surface area contributed by atoms with Crippen LogP contribution in [-0.2, 0) is 0 Å². The third-order valence-electron chi connectivity index (χ3n) is 6.32. The Bertz CT molecular complexity index is 976. The standard InChI is InChI=1S/C24H32FN7S/c1-30-10-12-31(13-11-30)22-15-23(21(25)14-18(22)16-28-29-24(26)33)32-9-5-8-20(32)17-27-19-6-3-2-4-7-19/h2-4,6-7,14-16,20,27H,5,8-13,17H2,1H3,(H3,26,29,33)/t20-/m0/s1. The molecule has 1 atom stereocenters. The molecule has 9 heteroatoms. The molecule has 2 aliphatic heterocycles. The molecular formula is C24H32FN7S. The van der Waals surface area contributed by atoms with Gasteiger partial charge >= 0.3 is 0 Å². The fourth-order valence-electron chi connectivity index (χ4n) is 4.53. The van der Waals surface area contributed by atoms with E-state index >= 15 is 4.39 Å². The molecule has 2 aromatic carbocycles. The van der Waals surface area contributed by atoms with Gasteiger partial charge in [-0.05, 0) is 56.4 Å². The molecule has 2 saturated heterocycles. The van der Waals surface area contributed by atoms with Gasteiger partial charge < -0.3 is 25.8 Å². The van der Waals surface area contributed by atoms with Crippen LogP contribution in [0.3, 0.4) is 0 Å². The molecule has 176 valence electrons. The van der Waals surface area contributed by atoms with E-state index in [4.69, 9.17) is 18.0 Å². The highest BCUT2D eigenvalue weighted by Gasteiger charge is 2.28. The van der Waals surface area contributed by atoms with Gasteiger partial charge in [-0.15, -0.1) is 0 Å². The van der Waals surface area contributed by atoms with Crippen molar-refractivity contribution in [2.45, 2.75) is 18.9 Å². The normalized spacial score (nSPS) is 19.3. The zero-order chi connectivity index (χ0) is 23.2. The molecule has 2 aliphatic rings. The highest BCUT2D eigenvalue weighted by Crippen LogP contribution is 2.34. The minimum atomic E-state index is -0.240. The van der Waals surface area contributed by atoms with Crippen LogP contribution < -0.4 is 26.3 Å². The molecule has 0 spiro atoms. The zero-order valence-electron chi connectivity index (χ0n) is 19.0. The van der Waals surface area contributed by atoms with E-state index in [0.29, 0.717) is 11.3 Å². The summed E-state index contributed by atoms with van der Waals surface area (Å²) in [5, 5.41) is 7.67. The number of anilines is 3. The molecule has 4 N–H and O–H groups in total. The average Bonchev–Trinajstić information content (AvgIpc) is 3.27. The number of hydrogen-bond donors (Lipinski definition) is 3. The van der Waals surface area contributed by atoms with E-state index in [9.17, 15) is 0 Å². The Morgan fingerprint density at radius 3 is 2.64 bits per heavy atom. The highest BCUT2D eigenvalue weighted by atomic mass is 32.1. The molecule has 0 saturated carbocycles. The van der Waals surface area contributed by atoms with Gasteiger partial charge in [0.2, 0.25) is 0 Å². The topological polar surface area (TPSA) is 72.2 Å². The van der Waals surface area contributed by atoms with E-state index in [1.54, 1.807) is 12.3 Å². The fraction of sp³-hybridized carbons (Fsp3) is 0.417. The maximum absolute atomic E-state index is 15.4. The minimum Gasteiger partial charge on any atom is -0.383 e. The molecular weight excluding hydrogens is 437 g/mol. The molecule has 7 nitrogen and oxygen atoms in total. The maximum atomic E-state index is 15.4. The number of hydrogen-bond acceptors (Lipinski definition) is 6. The number of rotatable bonds is 7. The smallest absolute Gasteiger partial charge is 0.184 e. The summed E-state index contributed by atoms with van der Waals surface area (Å²) >= 11 is 4.82. The number of para-hydroxylation sites is 1. The predicted molar refractivity (Wildman–Crippen MR) is 139 cm³/mol. The Morgan fingerprint density at radius 1 is 1.15 bits per heavy atom. The van der Waals surface area contributed by atoms with E-state index in [1.807, 2.05) is 24.3 Å².